The summed E-state index contributed by atoms with van der Waals surface area (Å²) in [4.78, 5) is 13.5. The molecular weight excluding hydrogens is 372 g/mol. The van der Waals surface area contributed by atoms with Crippen LogP contribution in [0.2, 0.25) is 0 Å². The molecule has 0 unspecified atom stereocenters. The van der Waals surface area contributed by atoms with Crippen LogP contribution >= 0.6 is 11.3 Å². The maximum atomic E-state index is 12.3. The minimum atomic E-state index is -0.0129. The van der Waals surface area contributed by atoms with Gasteiger partial charge in [0.1, 0.15) is 12.6 Å². The van der Waals surface area contributed by atoms with Gasteiger partial charge in [-0.3, -0.25) is 4.79 Å². The highest BCUT2D eigenvalue weighted by molar-refractivity contribution is 7.10. The molecule has 1 heterocycles. The first-order chi connectivity index (χ1) is 13.8. The molecule has 0 aliphatic carbocycles. The Bertz CT molecular complexity index is 853. The fourth-order valence-corrected chi connectivity index (χ4v) is 3.78. The Morgan fingerprint density at radius 1 is 1.04 bits per heavy atom. The van der Waals surface area contributed by atoms with E-state index in [0.717, 1.165) is 0 Å². The van der Waals surface area contributed by atoms with Crippen LogP contribution in [0.3, 0.4) is 0 Å². The molecule has 0 radical (unpaired) electrons. The van der Waals surface area contributed by atoms with Gasteiger partial charge in [-0.05, 0) is 23.6 Å². The first-order valence-electron chi connectivity index (χ1n) is 9.22. The highest BCUT2D eigenvalue weighted by Gasteiger charge is 2.19. The van der Waals surface area contributed by atoms with Crippen molar-refractivity contribution in [1.29, 1.82) is 0 Å². The number of carbonyl (C=O) groups excluding carboxylic acids is 1. The van der Waals surface area contributed by atoms with Crippen molar-refractivity contribution in [2.75, 3.05) is 26.8 Å². The molecule has 2 aromatic carbocycles. The lowest BCUT2D eigenvalue weighted by molar-refractivity contribution is -0.676. The Morgan fingerprint density at radius 3 is 2.50 bits per heavy atom. The van der Waals surface area contributed by atoms with Crippen LogP contribution < -0.4 is 20.1 Å². The van der Waals surface area contributed by atoms with Gasteiger partial charge in [0.15, 0.2) is 18.0 Å². The summed E-state index contributed by atoms with van der Waals surface area (Å²) < 4.78 is 10.9. The van der Waals surface area contributed by atoms with Crippen LogP contribution in [-0.4, -0.2) is 32.7 Å². The van der Waals surface area contributed by atoms with Crippen molar-refractivity contribution in [3.8, 4) is 11.5 Å². The molecule has 3 aromatic rings. The fraction of sp³-hybridized carbons (Fsp3) is 0.227. The smallest absolute Gasteiger partial charge is 0.275 e. The van der Waals surface area contributed by atoms with E-state index in [9.17, 15) is 4.79 Å². The summed E-state index contributed by atoms with van der Waals surface area (Å²) in [5, 5.41) is 7.04. The van der Waals surface area contributed by atoms with Crippen LogP contribution in [0.4, 0.5) is 0 Å². The Hall–Kier alpha value is -2.83. The number of hydrogen-bond donors (Lipinski definition) is 2. The van der Waals surface area contributed by atoms with Crippen molar-refractivity contribution in [3.63, 3.8) is 0 Å². The second-order valence-electron chi connectivity index (χ2n) is 6.19. The number of nitrogens with one attached hydrogen (secondary N) is 1. The molecule has 146 valence electrons. The topological polar surface area (TPSA) is 64.2 Å². The van der Waals surface area contributed by atoms with Gasteiger partial charge in [-0.25, -0.2) is 0 Å². The average Bonchev–Trinajstić information content (AvgIpc) is 3.27. The van der Waals surface area contributed by atoms with Gasteiger partial charge in [-0.1, -0.05) is 48.5 Å². The average molecular weight is 398 g/mol. The van der Waals surface area contributed by atoms with Crippen molar-refractivity contribution < 1.29 is 19.6 Å². The molecule has 0 aliphatic rings. The van der Waals surface area contributed by atoms with Gasteiger partial charge >= 0.3 is 0 Å². The summed E-state index contributed by atoms with van der Waals surface area (Å²) >= 11 is 1.71. The second kappa shape index (κ2) is 10.5. The second-order valence-corrected chi connectivity index (χ2v) is 7.17. The summed E-state index contributed by atoms with van der Waals surface area (Å²) in [6, 6.07) is 22.0. The van der Waals surface area contributed by atoms with E-state index in [-0.39, 0.29) is 11.9 Å². The van der Waals surface area contributed by atoms with Gasteiger partial charge in [0, 0.05) is 5.56 Å². The van der Waals surface area contributed by atoms with Gasteiger partial charge in [-0.15, -0.1) is 11.3 Å². The molecule has 1 atom stereocenters. The van der Waals surface area contributed by atoms with Gasteiger partial charge in [0.25, 0.3) is 5.91 Å². The number of benzene rings is 2. The number of nitrogens with two attached hydrogens (primary N) is 1. The first kappa shape index (κ1) is 19.9. The predicted octanol–water partition coefficient (Wildman–Crippen LogP) is 2.60. The number of quaternary nitrogens is 1. The molecule has 1 amide bonds. The standard InChI is InChI=1S/C22H24N2O3S/c1-26-18-10-5-6-11-19(18)27-14-13-23-21(25)16-24-22(20-12-7-15-28-20)17-8-3-2-4-9-17/h2-12,15,22,24H,13-14,16H2,1H3,(H,23,25)/p+1/t22-/m1/s1. The van der Waals surface area contributed by atoms with E-state index in [2.05, 4.69) is 34.2 Å². The molecule has 28 heavy (non-hydrogen) atoms. The minimum absolute atomic E-state index is 0.0129. The SMILES string of the molecule is COc1ccccc1OCCNC(=O)C[NH2+][C@H](c1ccccc1)c1cccs1. The van der Waals surface area contributed by atoms with E-state index < -0.39 is 0 Å². The Kier molecular flexibility index (Phi) is 7.46. The number of methoxy groups -OCH3 is 1. The van der Waals surface area contributed by atoms with E-state index in [4.69, 9.17) is 9.47 Å². The molecule has 0 saturated heterocycles. The molecule has 0 aliphatic heterocycles. The van der Waals surface area contributed by atoms with Crippen LogP contribution in [0, 0.1) is 0 Å². The molecule has 3 N–H and O–H groups in total. The van der Waals surface area contributed by atoms with Crippen LogP contribution in [0.1, 0.15) is 16.5 Å². The highest BCUT2D eigenvalue weighted by Crippen LogP contribution is 2.25. The van der Waals surface area contributed by atoms with Crippen molar-refractivity contribution in [2.24, 2.45) is 0 Å². The summed E-state index contributed by atoms with van der Waals surface area (Å²) in [5.74, 6) is 1.34. The Morgan fingerprint density at radius 2 is 1.79 bits per heavy atom. The number of rotatable bonds is 10. The van der Waals surface area contributed by atoms with Gasteiger partial charge in [-0.2, -0.15) is 0 Å². The fourth-order valence-electron chi connectivity index (χ4n) is 2.93. The molecular formula is C22H25N2O3S+. The van der Waals surface area contributed by atoms with Gasteiger partial charge < -0.3 is 20.1 Å². The molecule has 1 aromatic heterocycles. The van der Waals surface area contributed by atoms with Crippen LogP contribution in [0.5, 0.6) is 11.5 Å². The molecule has 5 nitrogen and oxygen atoms in total. The van der Waals surface area contributed by atoms with Crippen LogP contribution in [-0.2, 0) is 4.79 Å². The lowest BCUT2D eigenvalue weighted by atomic mass is 10.1. The lowest BCUT2D eigenvalue weighted by Crippen LogP contribution is -2.87. The van der Waals surface area contributed by atoms with Gasteiger partial charge in [0.05, 0.1) is 18.5 Å². The number of ether oxygens (including phenoxy) is 2. The van der Waals surface area contributed by atoms with Crippen molar-refractivity contribution in [1.82, 2.24) is 5.32 Å². The Balaban J connectivity index is 1.46. The maximum absolute atomic E-state index is 12.3. The number of hydrogen-bond acceptors (Lipinski definition) is 4. The summed E-state index contributed by atoms with van der Waals surface area (Å²) in [7, 11) is 1.61. The zero-order chi connectivity index (χ0) is 19.6. The number of para-hydroxylation sites is 2. The number of thiophene rings is 1. The number of carbonyl (C=O) groups is 1. The molecule has 0 fully saturated rings. The maximum Gasteiger partial charge on any atom is 0.275 e. The third kappa shape index (κ3) is 5.58. The molecule has 3 rings (SSSR count). The highest BCUT2D eigenvalue weighted by atomic mass is 32.1. The van der Waals surface area contributed by atoms with E-state index in [1.165, 1.54) is 10.4 Å². The molecule has 0 spiro atoms. The van der Waals surface area contributed by atoms with Crippen LogP contribution in [0.15, 0.2) is 72.1 Å². The summed E-state index contributed by atoms with van der Waals surface area (Å²) in [6.07, 6.45) is 0. The lowest BCUT2D eigenvalue weighted by Gasteiger charge is -2.15. The third-order valence-electron chi connectivity index (χ3n) is 4.30. The third-order valence-corrected chi connectivity index (χ3v) is 5.25. The first-order valence-corrected chi connectivity index (χ1v) is 10.1. The summed E-state index contributed by atoms with van der Waals surface area (Å²) in [5.41, 5.74) is 1.19. The number of amides is 1. The molecule has 0 saturated carbocycles. The van der Waals surface area contributed by atoms with Crippen molar-refractivity contribution >= 4 is 17.2 Å². The predicted molar refractivity (Wildman–Crippen MR) is 111 cm³/mol. The van der Waals surface area contributed by atoms with Crippen molar-refractivity contribution in [3.05, 3.63) is 82.6 Å². The van der Waals surface area contributed by atoms with E-state index >= 15 is 0 Å². The van der Waals surface area contributed by atoms with E-state index in [1.54, 1.807) is 18.4 Å². The Labute approximate surface area is 169 Å². The quantitative estimate of drug-likeness (QED) is 0.517. The summed E-state index contributed by atoms with van der Waals surface area (Å²) in [6.45, 7) is 1.19. The zero-order valence-electron chi connectivity index (χ0n) is 15.8. The van der Waals surface area contributed by atoms with E-state index in [1.807, 2.05) is 48.5 Å². The van der Waals surface area contributed by atoms with Crippen molar-refractivity contribution in [2.45, 2.75) is 6.04 Å². The minimum Gasteiger partial charge on any atom is -0.493 e. The largest absolute Gasteiger partial charge is 0.493 e. The van der Waals surface area contributed by atoms with Crippen LogP contribution in [0.25, 0.3) is 0 Å². The molecule has 6 heteroatoms. The van der Waals surface area contributed by atoms with Gasteiger partial charge in [0.2, 0.25) is 0 Å². The monoisotopic (exact) mass is 397 g/mol. The molecule has 0 bridgehead atoms. The normalized spacial score (nSPS) is 11.6. The zero-order valence-corrected chi connectivity index (χ0v) is 16.7. The van der Waals surface area contributed by atoms with E-state index in [0.29, 0.717) is 31.2 Å².